The Morgan fingerprint density at radius 1 is 1.73 bits per heavy atom. The molecule has 6 heteroatoms. The topological polar surface area (TPSA) is 74.6 Å². The molecule has 0 saturated heterocycles. The molecule has 0 saturated carbocycles. The lowest BCUT2D eigenvalue weighted by molar-refractivity contribution is -0.129. The molecule has 1 rings (SSSR count). The maximum Gasteiger partial charge on any atom is 0.357 e. The largest absolute Gasteiger partial charge is 0.476 e. The third-order valence-corrected chi connectivity index (χ3v) is 1.57. The average Bonchev–Trinajstić information content (AvgIpc) is 2.20. The molecule has 80 valence electrons. The predicted octanol–water partition coefficient (Wildman–Crippen LogP) is 0.619. The van der Waals surface area contributed by atoms with Gasteiger partial charge in [-0.05, 0) is 19.1 Å². The van der Waals surface area contributed by atoms with Gasteiger partial charge in [-0.2, -0.15) is 9.49 Å². The summed E-state index contributed by atoms with van der Waals surface area (Å²) in [4.78, 5) is 14.1. The number of aliphatic carboxylic acids is 1. The second-order valence-electron chi connectivity index (χ2n) is 2.62. The third kappa shape index (κ3) is 2.73. The normalized spacial score (nSPS) is 11.2. The Morgan fingerprint density at radius 3 is 3.00 bits per heavy atom. The molecule has 0 spiro atoms. The maximum absolute atomic E-state index is 13.1. The summed E-state index contributed by atoms with van der Waals surface area (Å²) in [5, 5.41) is 12.4. The molecule has 0 aliphatic rings. The van der Waals surface area contributed by atoms with Crippen LogP contribution in [0.2, 0.25) is 0 Å². The van der Waals surface area contributed by atoms with E-state index in [0.717, 1.165) is 0 Å². The van der Waals surface area contributed by atoms with Gasteiger partial charge in [-0.25, -0.2) is 9.78 Å². The second-order valence-corrected chi connectivity index (χ2v) is 2.62. The van der Waals surface area contributed by atoms with Crippen LogP contribution in [0.25, 0.3) is 0 Å². The van der Waals surface area contributed by atoms with Crippen LogP contribution in [0.3, 0.4) is 0 Å². The van der Waals surface area contributed by atoms with Gasteiger partial charge in [0.15, 0.2) is 5.71 Å². The Balaban J connectivity index is 3.10. The molecular weight excluding hydrogens is 201 g/mol. The summed E-state index contributed by atoms with van der Waals surface area (Å²) < 4.78 is 13.1. The molecule has 15 heavy (non-hydrogen) atoms. The zero-order valence-electron chi connectivity index (χ0n) is 8.07. The lowest BCUT2D eigenvalue weighted by Gasteiger charge is -2.02. The van der Waals surface area contributed by atoms with E-state index in [1.165, 1.54) is 18.3 Å². The number of carboxylic acids is 1. The Morgan fingerprint density at radius 2 is 2.47 bits per heavy atom. The number of rotatable bonds is 4. The van der Waals surface area contributed by atoms with Crippen LogP contribution < -0.4 is 5.43 Å². The Kier molecular flexibility index (Phi) is 3.73. The van der Waals surface area contributed by atoms with Crippen LogP contribution in [-0.4, -0.2) is 28.3 Å². The van der Waals surface area contributed by atoms with Crippen molar-refractivity contribution in [1.82, 2.24) is 10.4 Å². The van der Waals surface area contributed by atoms with E-state index in [-0.39, 0.29) is 11.3 Å². The molecule has 0 aliphatic heterocycles. The molecular formula is C9H10FN3O2. The van der Waals surface area contributed by atoms with Crippen molar-refractivity contribution in [3.63, 3.8) is 0 Å². The van der Waals surface area contributed by atoms with Gasteiger partial charge >= 0.3 is 5.97 Å². The predicted molar refractivity (Wildman–Crippen MR) is 52.0 cm³/mol. The quantitative estimate of drug-likeness (QED) is 0.435. The zero-order chi connectivity index (χ0) is 11.3. The van der Waals surface area contributed by atoms with Crippen LogP contribution in [0, 0.1) is 5.95 Å². The fourth-order valence-electron chi connectivity index (χ4n) is 0.944. The number of nitrogens with zero attached hydrogens (tertiary/aromatic N) is 2. The highest BCUT2D eigenvalue weighted by atomic mass is 19.1. The molecule has 0 atom stereocenters. The van der Waals surface area contributed by atoms with Crippen molar-refractivity contribution < 1.29 is 14.3 Å². The van der Waals surface area contributed by atoms with Crippen molar-refractivity contribution in [2.75, 3.05) is 6.54 Å². The Labute approximate surface area is 85.6 Å². The lowest BCUT2D eigenvalue weighted by atomic mass is 10.2. The van der Waals surface area contributed by atoms with E-state index in [9.17, 15) is 9.18 Å². The second kappa shape index (κ2) is 5.04. The van der Waals surface area contributed by atoms with E-state index in [0.29, 0.717) is 6.54 Å². The summed E-state index contributed by atoms with van der Waals surface area (Å²) in [6, 6.07) is 2.76. The fourth-order valence-corrected chi connectivity index (χ4v) is 0.944. The van der Waals surface area contributed by atoms with Crippen LogP contribution in [-0.2, 0) is 4.79 Å². The minimum Gasteiger partial charge on any atom is -0.476 e. The van der Waals surface area contributed by atoms with Crippen molar-refractivity contribution in [2.24, 2.45) is 5.10 Å². The smallest absolute Gasteiger partial charge is 0.357 e. The molecule has 0 fully saturated rings. The van der Waals surface area contributed by atoms with Crippen LogP contribution in [0.15, 0.2) is 23.4 Å². The van der Waals surface area contributed by atoms with Gasteiger partial charge in [-0.3, -0.25) is 0 Å². The van der Waals surface area contributed by atoms with E-state index in [1.54, 1.807) is 6.92 Å². The van der Waals surface area contributed by atoms with Gasteiger partial charge in [0.2, 0.25) is 5.95 Å². The number of hydrogen-bond acceptors (Lipinski definition) is 4. The van der Waals surface area contributed by atoms with Gasteiger partial charge in [-0.15, -0.1) is 0 Å². The molecule has 0 amide bonds. The third-order valence-electron chi connectivity index (χ3n) is 1.57. The first-order valence-electron chi connectivity index (χ1n) is 4.31. The molecule has 5 nitrogen and oxygen atoms in total. The maximum atomic E-state index is 13.1. The number of carbonyl (C=O) groups is 1. The van der Waals surface area contributed by atoms with E-state index in [4.69, 9.17) is 5.11 Å². The standard InChI is InChI=1S/C9H10FN3O2/c1-2-12-13-7(9(14)15)6-4-3-5-11-8(6)10/h3-5,12H,2H2,1H3,(H,14,15). The molecule has 0 aromatic carbocycles. The van der Waals surface area contributed by atoms with Crippen LogP contribution in [0.5, 0.6) is 0 Å². The van der Waals surface area contributed by atoms with Crippen LogP contribution >= 0.6 is 0 Å². The number of hydrogen-bond donors (Lipinski definition) is 2. The Hall–Kier alpha value is -1.98. The molecule has 1 aromatic heterocycles. The molecule has 0 radical (unpaired) electrons. The van der Waals surface area contributed by atoms with E-state index < -0.39 is 11.9 Å². The number of nitrogens with one attached hydrogen (secondary N) is 1. The van der Waals surface area contributed by atoms with Gasteiger partial charge in [0.05, 0.1) is 5.56 Å². The zero-order valence-corrected chi connectivity index (χ0v) is 8.07. The average molecular weight is 211 g/mol. The highest BCUT2D eigenvalue weighted by Crippen LogP contribution is 2.05. The van der Waals surface area contributed by atoms with Crippen LogP contribution in [0.1, 0.15) is 12.5 Å². The summed E-state index contributed by atoms with van der Waals surface area (Å²) in [6.07, 6.45) is 1.24. The molecule has 0 bridgehead atoms. The minimum absolute atomic E-state index is 0.133. The first-order chi connectivity index (χ1) is 7.16. The summed E-state index contributed by atoms with van der Waals surface area (Å²) in [7, 11) is 0. The van der Waals surface area contributed by atoms with E-state index in [2.05, 4.69) is 15.5 Å². The highest BCUT2D eigenvalue weighted by molar-refractivity contribution is 6.42. The molecule has 0 aliphatic carbocycles. The molecule has 2 N–H and O–H groups in total. The van der Waals surface area contributed by atoms with Gasteiger partial charge in [0.1, 0.15) is 0 Å². The number of halogens is 1. The monoisotopic (exact) mass is 211 g/mol. The molecule has 1 heterocycles. The molecule has 1 aromatic rings. The fraction of sp³-hybridized carbons (Fsp3) is 0.222. The summed E-state index contributed by atoms with van der Waals surface area (Å²) in [5.74, 6) is -2.15. The van der Waals surface area contributed by atoms with E-state index >= 15 is 0 Å². The summed E-state index contributed by atoms with van der Waals surface area (Å²) >= 11 is 0. The summed E-state index contributed by atoms with van der Waals surface area (Å²) in [5.41, 5.74) is 1.95. The van der Waals surface area contributed by atoms with Crippen molar-refractivity contribution in [3.05, 3.63) is 29.8 Å². The van der Waals surface area contributed by atoms with Gasteiger partial charge < -0.3 is 10.5 Å². The minimum atomic E-state index is -1.30. The molecule has 0 unspecified atom stereocenters. The first-order valence-corrected chi connectivity index (χ1v) is 4.31. The van der Waals surface area contributed by atoms with Gasteiger partial charge in [0, 0.05) is 12.7 Å². The van der Waals surface area contributed by atoms with Gasteiger partial charge in [-0.1, -0.05) is 0 Å². The SMILES string of the molecule is CCNN=C(C(=O)O)c1cccnc1F. The number of pyridine rings is 1. The highest BCUT2D eigenvalue weighted by Gasteiger charge is 2.17. The number of carboxylic acid groups (broad SMARTS) is 1. The first kappa shape index (κ1) is 11.1. The number of hydrazone groups is 1. The van der Waals surface area contributed by atoms with Gasteiger partial charge in [0.25, 0.3) is 0 Å². The summed E-state index contributed by atoms with van der Waals surface area (Å²) in [6.45, 7) is 2.21. The van der Waals surface area contributed by atoms with Crippen molar-refractivity contribution >= 4 is 11.7 Å². The van der Waals surface area contributed by atoms with E-state index in [1.807, 2.05) is 0 Å². The lowest BCUT2D eigenvalue weighted by Crippen LogP contribution is -2.21. The van der Waals surface area contributed by atoms with Crippen LogP contribution in [0.4, 0.5) is 4.39 Å². The number of aromatic nitrogens is 1. The Bertz CT molecular complexity index is 393. The van der Waals surface area contributed by atoms with Crippen molar-refractivity contribution in [2.45, 2.75) is 6.92 Å². The van der Waals surface area contributed by atoms with Crippen molar-refractivity contribution in [1.29, 1.82) is 0 Å². The van der Waals surface area contributed by atoms with Crippen molar-refractivity contribution in [3.8, 4) is 0 Å².